The zero-order valence-electron chi connectivity index (χ0n) is 17.9. The van der Waals surface area contributed by atoms with Gasteiger partial charge in [-0.1, -0.05) is 18.2 Å². The van der Waals surface area contributed by atoms with Crippen molar-refractivity contribution < 1.29 is 13.2 Å². The van der Waals surface area contributed by atoms with Gasteiger partial charge < -0.3 is 4.98 Å². The van der Waals surface area contributed by atoms with Crippen LogP contribution >= 0.6 is 0 Å². The molecule has 0 unspecified atom stereocenters. The van der Waals surface area contributed by atoms with Crippen LogP contribution in [0, 0.1) is 20.8 Å². The van der Waals surface area contributed by atoms with E-state index in [4.69, 9.17) is 0 Å². The van der Waals surface area contributed by atoms with Gasteiger partial charge in [0.25, 0.3) is 0 Å². The summed E-state index contributed by atoms with van der Waals surface area (Å²) in [5, 5.41) is 5.59. The number of hydrogen-bond donors (Lipinski definition) is 1. The van der Waals surface area contributed by atoms with Crippen LogP contribution in [-0.4, -0.2) is 59.0 Å². The quantitative estimate of drug-likeness (QED) is 0.610. The number of ketones is 1. The van der Waals surface area contributed by atoms with Crippen molar-refractivity contribution in [2.24, 2.45) is 0 Å². The third-order valence-corrected chi connectivity index (χ3v) is 7.79. The van der Waals surface area contributed by atoms with E-state index in [1.807, 2.05) is 61.7 Å². The van der Waals surface area contributed by atoms with Crippen molar-refractivity contribution in [3.63, 3.8) is 0 Å². The number of Topliss-reactive ketones (excluding diaryl/α,β-unsaturated/α-hetero) is 1. The van der Waals surface area contributed by atoms with Gasteiger partial charge in [-0.2, -0.15) is 5.10 Å². The largest absolute Gasteiger partial charge is 0.358 e. The molecule has 0 aliphatic carbocycles. The number of para-hydroxylation sites is 1. The number of fused-ring (bicyclic) bond motifs is 1. The number of benzene rings is 1. The van der Waals surface area contributed by atoms with Gasteiger partial charge in [0.15, 0.2) is 15.6 Å². The van der Waals surface area contributed by atoms with E-state index < -0.39 is 9.84 Å². The Morgan fingerprint density at radius 1 is 1.27 bits per heavy atom. The first-order chi connectivity index (χ1) is 14.2. The molecule has 0 saturated carbocycles. The lowest BCUT2D eigenvalue weighted by Gasteiger charge is -2.17. The van der Waals surface area contributed by atoms with Crippen molar-refractivity contribution >= 4 is 26.5 Å². The van der Waals surface area contributed by atoms with Crippen molar-refractivity contribution in [3.8, 4) is 0 Å². The van der Waals surface area contributed by atoms with Gasteiger partial charge in [0.2, 0.25) is 0 Å². The molecule has 1 N–H and O–H groups in total. The fourth-order valence-electron chi connectivity index (χ4n) is 4.54. The Hall–Kier alpha value is -2.45. The highest BCUT2D eigenvalue weighted by Gasteiger charge is 2.31. The minimum atomic E-state index is -2.97. The highest BCUT2D eigenvalue weighted by Crippen LogP contribution is 2.27. The highest BCUT2D eigenvalue weighted by molar-refractivity contribution is 7.91. The standard InChI is InChI=1S/C22H28N4O3S/c1-14-19(16(3)26(24-14)17-9-10-30(28,29)13-17)11-25(4)12-21(27)22-15(2)23-20-8-6-5-7-18(20)22/h5-8,17,23H,9-13H2,1-4H3/t17-/m0/s1. The summed E-state index contributed by atoms with van der Waals surface area (Å²) in [6, 6.07) is 7.76. The maximum absolute atomic E-state index is 13.0. The van der Waals surface area contributed by atoms with Crippen LogP contribution in [0.1, 0.15) is 45.5 Å². The van der Waals surface area contributed by atoms with E-state index in [9.17, 15) is 13.2 Å². The number of likely N-dealkylation sites (N-methyl/N-ethyl adjacent to an activating group) is 1. The van der Waals surface area contributed by atoms with Crippen LogP contribution in [0.3, 0.4) is 0 Å². The maximum atomic E-state index is 13.0. The average molecular weight is 429 g/mol. The predicted molar refractivity (Wildman–Crippen MR) is 118 cm³/mol. The first-order valence-corrected chi connectivity index (χ1v) is 12.0. The van der Waals surface area contributed by atoms with E-state index in [-0.39, 0.29) is 23.3 Å². The number of aromatic amines is 1. The van der Waals surface area contributed by atoms with Crippen LogP contribution in [0.15, 0.2) is 24.3 Å². The fourth-order valence-corrected chi connectivity index (χ4v) is 6.23. The Balaban J connectivity index is 1.51. The Bertz CT molecular complexity index is 1220. The zero-order valence-corrected chi connectivity index (χ0v) is 18.7. The molecule has 0 amide bonds. The first kappa shape index (κ1) is 20.8. The Labute approximate surface area is 177 Å². The molecule has 3 heterocycles. The molecular formula is C22H28N4O3S. The van der Waals surface area contributed by atoms with Crippen molar-refractivity contribution in [2.75, 3.05) is 25.1 Å². The lowest BCUT2D eigenvalue weighted by molar-refractivity contribution is 0.0944. The van der Waals surface area contributed by atoms with E-state index in [2.05, 4.69) is 10.1 Å². The average Bonchev–Trinajstić information content (AvgIpc) is 3.29. The third kappa shape index (κ3) is 3.81. The van der Waals surface area contributed by atoms with Crippen LogP contribution in [0.25, 0.3) is 10.9 Å². The smallest absolute Gasteiger partial charge is 0.179 e. The van der Waals surface area contributed by atoms with E-state index in [1.54, 1.807) is 0 Å². The summed E-state index contributed by atoms with van der Waals surface area (Å²) < 4.78 is 25.6. The van der Waals surface area contributed by atoms with E-state index in [0.29, 0.717) is 19.5 Å². The van der Waals surface area contributed by atoms with Crippen LogP contribution in [0.5, 0.6) is 0 Å². The number of H-pyrrole nitrogens is 1. The molecule has 0 bridgehead atoms. The molecule has 7 nitrogen and oxygen atoms in total. The van der Waals surface area contributed by atoms with Crippen LogP contribution in [0.4, 0.5) is 0 Å². The van der Waals surface area contributed by atoms with Gasteiger partial charge in [-0.05, 0) is 40.3 Å². The molecule has 30 heavy (non-hydrogen) atoms. The topological polar surface area (TPSA) is 88.1 Å². The van der Waals surface area contributed by atoms with Gasteiger partial charge in [0.1, 0.15) is 0 Å². The summed E-state index contributed by atoms with van der Waals surface area (Å²) in [5.41, 5.74) is 5.54. The molecule has 1 aliphatic rings. The zero-order chi connectivity index (χ0) is 21.6. The molecule has 1 aliphatic heterocycles. The molecule has 2 aromatic heterocycles. The molecule has 8 heteroatoms. The second-order valence-electron chi connectivity index (χ2n) is 8.42. The normalized spacial score (nSPS) is 18.5. The minimum Gasteiger partial charge on any atom is -0.358 e. The van der Waals surface area contributed by atoms with Crippen LogP contribution in [0.2, 0.25) is 0 Å². The molecule has 4 rings (SSSR count). The number of carbonyl (C=O) groups excluding carboxylic acids is 1. The van der Waals surface area contributed by atoms with Crippen LogP contribution in [-0.2, 0) is 16.4 Å². The number of aryl methyl sites for hydroxylation is 2. The number of rotatable bonds is 6. The van der Waals surface area contributed by atoms with Gasteiger partial charge in [-0.25, -0.2) is 8.42 Å². The highest BCUT2D eigenvalue weighted by atomic mass is 32.2. The van der Waals surface area contributed by atoms with Gasteiger partial charge >= 0.3 is 0 Å². The number of hydrogen-bond acceptors (Lipinski definition) is 5. The van der Waals surface area contributed by atoms with Gasteiger partial charge in [-0.15, -0.1) is 0 Å². The number of aromatic nitrogens is 3. The molecular weight excluding hydrogens is 400 g/mol. The summed E-state index contributed by atoms with van der Waals surface area (Å²) in [4.78, 5) is 18.3. The Kier molecular flexibility index (Phi) is 5.32. The fraction of sp³-hybridized carbons (Fsp3) is 0.455. The van der Waals surface area contributed by atoms with Crippen LogP contribution < -0.4 is 0 Å². The van der Waals surface area contributed by atoms with Crippen molar-refractivity contribution in [2.45, 2.75) is 39.8 Å². The van der Waals surface area contributed by atoms with Gasteiger partial charge in [0.05, 0.1) is 29.8 Å². The second kappa shape index (κ2) is 7.67. The van der Waals surface area contributed by atoms with Gasteiger partial charge in [0, 0.05) is 40.0 Å². The number of nitrogens with zero attached hydrogens (tertiary/aromatic N) is 3. The third-order valence-electron chi connectivity index (χ3n) is 6.04. The SMILES string of the molecule is Cc1nn([C@H]2CCS(=O)(=O)C2)c(C)c1CN(C)CC(=O)c1c(C)[nH]c2ccccc12. The lowest BCUT2D eigenvalue weighted by Crippen LogP contribution is -2.26. The minimum absolute atomic E-state index is 0.0806. The van der Waals surface area contributed by atoms with Crippen molar-refractivity contribution in [1.29, 1.82) is 0 Å². The monoisotopic (exact) mass is 428 g/mol. The first-order valence-electron chi connectivity index (χ1n) is 10.2. The number of carbonyl (C=O) groups is 1. The summed E-state index contributed by atoms with van der Waals surface area (Å²) >= 11 is 0. The molecule has 0 spiro atoms. The molecule has 1 saturated heterocycles. The molecule has 1 atom stereocenters. The molecule has 1 aromatic carbocycles. The van der Waals surface area contributed by atoms with Crippen molar-refractivity contribution in [1.82, 2.24) is 19.7 Å². The molecule has 1 fully saturated rings. The maximum Gasteiger partial charge on any atom is 0.179 e. The van der Waals surface area contributed by atoms with Gasteiger partial charge in [-0.3, -0.25) is 14.4 Å². The summed E-state index contributed by atoms with van der Waals surface area (Å²) in [5.74, 6) is 0.462. The number of sulfone groups is 1. The van der Waals surface area contributed by atoms with E-state index in [0.717, 1.165) is 39.1 Å². The van der Waals surface area contributed by atoms with E-state index >= 15 is 0 Å². The number of nitrogens with one attached hydrogen (secondary N) is 1. The predicted octanol–water partition coefficient (Wildman–Crippen LogP) is 2.96. The Morgan fingerprint density at radius 2 is 2.00 bits per heavy atom. The molecule has 0 radical (unpaired) electrons. The summed E-state index contributed by atoms with van der Waals surface area (Å²) in [6.07, 6.45) is 0.609. The summed E-state index contributed by atoms with van der Waals surface area (Å²) in [6.45, 7) is 6.75. The molecule has 3 aromatic rings. The molecule has 160 valence electrons. The van der Waals surface area contributed by atoms with E-state index in [1.165, 1.54) is 0 Å². The Morgan fingerprint density at radius 3 is 2.70 bits per heavy atom. The second-order valence-corrected chi connectivity index (χ2v) is 10.6. The van der Waals surface area contributed by atoms with Crippen molar-refractivity contribution in [3.05, 3.63) is 52.5 Å². The lowest BCUT2D eigenvalue weighted by atomic mass is 10.1. The summed E-state index contributed by atoms with van der Waals surface area (Å²) in [7, 11) is -1.04.